The highest BCUT2D eigenvalue weighted by Gasteiger charge is 2.45. The summed E-state index contributed by atoms with van der Waals surface area (Å²) in [6.45, 7) is 1.53. The molecule has 0 bridgehead atoms. The third-order valence-electron chi connectivity index (χ3n) is 3.08. The quantitative estimate of drug-likeness (QED) is 0.844. The molecule has 1 heterocycles. The number of rotatable bonds is 2. The first-order chi connectivity index (χ1) is 8.89. The van der Waals surface area contributed by atoms with Crippen molar-refractivity contribution in [3.8, 4) is 0 Å². The molecule has 1 N–H and O–H groups in total. The number of piperazine rings is 1. The molecular weight excluding hydrogens is 284 g/mol. The van der Waals surface area contributed by atoms with Gasteiger partial charge in [0.25, 0.3) is 0 Å². The molecule has 2 rings (SSSR count). The van der Waals surface area contributed by atoms with Crippen molar-refractivity contribution < 1.29 is 17.6 Å². The van der Waals surface area contributed by atoms with Crippen LogP contribution in [0.2, 0.25) is 5.02 Å². The van der Waals surface area contributed by atoms with Gasteiger partial charge >= 0.3 is 6.18 Å². The Balaban J connectivity index is 2.36. The van der Waals surface area contributed by atoms with Gasteiger partial charge in [-0.15, -0.1) is 0 Å². The summed E-state index contributed by atoms with van der Waals surface area (Å²) in [5.41, 5.74) is -0.0996. The Morgan fingerprint density at radius 3 is 2.37 bits per heavy atom. The van der Waals surface area contributed by atoms with Crippen molar-refractivity contribution in [3.05, 3.63) is 34.6 Å². The number of hydrogen-bond acceptors (Lipinski definition) is 2. The topological polar surface area (TPSA) is 15.3 Å². The van der Waals surface area contributed by atoms with E-state index < -0.39 is 18.0 Å². The van der Waals surface area contributed by atoms with Crippen LogP contribution < -0.4 is 5.32 Å². The SMILES string of the molecule is Fc1ccc([C@@H](N2CCNCC2)C(F)(F)F)c(Cl)c1. The van der Waals surface area contributed by atoms with Crippen LogP contribution in [0.15, 0.2) is 18.2 Å². The fraction of sp³-hybridized carbons (Fsp3) is 0.500. The van der Waals surface area contributed by atoms with Crippen LogP contribution in [0.4, 0.5) is 17.6 Å². The van der Waals surface area contributed by atoms with Gasteiger partial charge < -0.3 is 5.32 Å². The van der Waals surface area contributed by atoms with Gasteiger partial charge in [-0.2, -0.15) is 13.2 Å². The Labute approximate surface area is 113 Å². The largest absolute Gasteiger partial charge is 0.408 e. The average molecular weight is 297 g/mol. The van der Waals surface area contributed by atoms with Crippen LogP contribution in [0.1, 0.15) is 11.6 Å². The highest BCUT2D eigenvalue weighted by Crippen LogP contribution is 2.40. The molecule has 1 aliphatic heterocycles. The van der Waals surface area contributed by atoms with Gasteiger partial charge in [-0.05, 0) is 17.7 Å². The molecule has 2 nitrogen and oxygen atoms in total. The highest BCUT2D eigenvalue weighted by atomic mass is 35.5. The number of nitrogens with one attached hydrogen (secondary N) is 1. The molecule has 1 fully saturated rings. The Hall–Kier alpha value is -0.850. The van der Waals surface area contributed by atoms with E-state index in [1.165, 1.54) is 4.90 Å². The molecule has 1 aromatic rings. The van der Waals surface area contributed by atoms with Crippen molar-refractivity contribution in [1.29, 1.82) is 0 Å². The van der Waals surface area contributed by atoms with E-state index in [4.69, 9.17) is 11.6 Å². The second-order valence-corrected chi connectivity index (χ2v) is 4.80. The highest BCUT2D eigenvalue weighted by molar-refractivity contribution is 6.31. The van der Waals surface area contributed by atoms with E-state index in [1.807, 2.05) is 0 Å². The zero-order valence-electron chi connectivity index (χ0n) is 9.97. The maximum atomic E-state index is 13.3. The van der Waals surface area contributed by atoms with Gasteiger partial charge in [0.2, 0.25) is 0 Å². The lowest BCUT2D eigenvalue weighted by Crippen LogP contribution is -2.49. The van der Waals surface area contributed by atoms with Crippen molar-refractivity contribution in [1.82, 2.24) is 10.2 Å². The molecule has 0 saturated carbocycles. The van der Waals surface area contributed by atoms with E-state index in [-0.39, 0.29) is 23.7 Å². The van der Waals surface area contributed by atoms with Crippen LogP contribution >= 0.6 is 11.6 Å². The van der Waals surface area contributed by atoms with Crippen LogP contribution in [0, 0.1) is 5.82 Å². The lowest BCUT2D eigenvalue weighted by atomic mass is 10.0. The molecule has 0 radical (unpaired) electrons. The fourth-order valence-electron chi connectivity index (χ4n) is 2.24. The van der Waals surface area contributed by atoms with Gasteiger partial charge in [-0.25, -0.2) is 4.39 Å². The molecule has 0 spiro atoms. The normalized spacial score (nSPS) is 19.4. The minimum absolute atomic E-state index is 0.0996. The Bertz CT molecular complexity index is 444. The van der Waals surface area contributed by atoms with Gasteiger partial charge in [0.05, 0.1) is 0 Å². The van der Waals surface area contributed by atoms with Crippen LogP contribution in [0.25, 0.3) is 0 Å². The first kappa shape index (κ1) is 14.6. The first-order valence-electron chi connectivity index (χ1n) is 5.86. The van der Waals surface area contributed by atoms with E-state index in [2.05, 4.69) is 5.32 Å². The maximum Gasteiger partial charge on any atom is 0.408 e. The lowest BCUT2D eigenvalue weighted by Gasteiger charge is -2.36. The minimum atomic E-state index is -4.45. The second kappa shape index (κ2) is 5.64. The van der Waals surface area contributed by atoms with E-state index >= 15 is 0 Å². The van der Waals surface area contributed by atoms with Gasteiger partial charge in [-0.1, -0.05) is 17.7 Å². The standard InChI is InChI=1S/C12H13ClF4N2/c13-10-7-8(14)1-2-9(10)11(12(15,16)17)19-5-3-18-4-6-19/h1-2,7,11,18H,3-6H2/t11-/m1/s1. The van der Waals surface area contributed by atoms with E-state index in [0.717, 1.165) is 18.2 Å². The van der Waals surface area contributed by atoms with Gasteiger partial charge in [0.1, 0.15) is 11.9 Å². The monoisotopic (exact) mass is 296 g/mol. The molecule has 1 atom stereocenters. The van der Waals surface area contributed by atoms with Gasteiger partial charge in [0.15, 0.2) is 0 Å². The summed E-state index contributed by atoms with van der Waals surface area (Å²) in [6, 6.07) is 1.24. The lowest BCUT2D eigenvalue weighted by molar-refractivity contribution is -0.187. The summed E-state index contributed by atoms with van der Waals surface area (Å²) >= 11 is 5.77. The molecule has 1 aromatic carbocycles. The molecule has 0 aromatic heterocycles. The molecule has 0 unspecified atom stereocenters. The molecular formula is C12H13ClF4N2. The molecule has 19 heavy (non-hydrogen) atoms. The Kier molecular flexibility index (Phi) is 4.32. The summed E-state index contributed by atoms with van der Waals surface area (Å²) in [7, 11) is 0. The zero-order valence-corrected chi connectivity index (χ0v) is 10.7. The fourth-order valence-corrected chi connectivity index (χ4v) is 2.51. The smallest absolute Gasteiger partial charge is 0.314 e. The van der Waals surface area contributed by atoms with Crippen molar-refractivity contribution in [2.45, 2.75) is 12.2 Å². The van der Waals surface area contributed by atoms with Crippen LogP contribution in [0.3, 0.4) is 0 Å². The van der Waals surface area contributed by atoms with Crippen LogP contribution in [-0.2, 0) is 0 Å². The van der Waals surface area contributed by atoms with Crippen molar-refractivity contribution >= 4 is 11.6 Å². The Morgan fingerprint density at radius 2 is 1.84 bits per heavy atom. The molecule has 106 valence electrons. The molecule has 1 saturated heterocycles. The minimum Gasteiger partial charge on any atom is -0.314 e. The summed E-state index contributed by atoms with van der Waals surface area (Å²) in [5, 5.41) is 2.80. The van der Waals surface area contributed by atoms with Gasteiger partial charge in [0, 0.05) is 31.2 Å². The van der Waals surface area contributed by atoms with Crippen molar-refractivity contribution in [2.24, 2.45) is 0 Å². The van der Waals surface area contributed by atoms with Gasteiger partial charge in [-0.3, -0.25) is 4.90 Å². The molecule has 1 aliphatic rings. The third-order valence-corrected chi connectivity index (χ3v) is 3.41. The van der Waals surface area contributed by atoms with Crippen LogP contribution in [0.5, 0.6) is 0 Å². The van der Waals surface area contributed by atoms with Crippen LogP contribution in [-0.4, -0.2) is 37.3 Å². The predicted octanol–water partition coefficient (Wildman–Crippen LogP) is 2.99. The molecule has 7 heteroatoms. The number of hydrogen-bond donors (Lipinski definition) is 1. The second-order valence-electron chi connectivity index (χ2n) is 4.40. The summed E-state index contributed by atoms with van der Waals surface area (Å²) in [6.07, 6.45) is -4.45. The summed E-state index contributed by atoms with van der Waals surface area (Å²) in [4.78, 5) is 1.32. The first-order valence-corrected chi connectivity index (χ1v) is 6.24. The Morgan fingerprint density at radius 1 is 1.21 bits per heavy atom. The van der Waals surface area contributed by atoms with E-state index in [0.29, 0.717) is 13.1 Å². The van der Waals surface area contributed by atoms with E-state index in [9.17, 15) is 17.6 Å². The van der Waals surface area contributed by atoms with Crippen molar-refractivity contribution in [3.63, 3.8) is 0 Å². The molecule has 0 aliphatic carbocycles. The number of nitrogens with zero attached hydrogens (tertiary/aromatic N) is 1. The summed E-state index contributed by atoms with van der Waals surface area (Å²) in [5.74, 6) is -0.644. The van der Waals surface area contributed by atoms with Crippen molar-refractivity contribution in [2.75, 3.05) is 26.2 Å². The number of alkyl halides is 3. The summed E-state index contributed by atoms with van der Waals surface area (Å²) < 4.78 is 52.7. The molecule has 0 amide bonds. The third kappa shape index (κ3) is 3.38. The maximum absolute atomic E-state index is 13.3. The predicted molar refractivity (Wildman–Crippen MR) is 64.6 cm³/mol. The van der Waals surface area contributed by atoms with E-state index in [1.54, 1.807) is 0 Å². The average Bonchev–Trinajstić information content (AvgIpc) is 2.32. The number of halogens is 5. The number of benzene rings is 1. The zero-order chi connectivity index (χ0) is 14.0.